The van der Waals surface area contributed by atoms with Gasteiger partial charge in [-0.25, -0.2) is 0 Å². The third-order valence-corrected chi connectivity index (χ3v) is 2.46. The first-order chi connectivity index (χ1) is 7.11. The molecule has 0 bridgehead atoms. The van der Waals surface area contributed by atoms with Crippen LogP contribution in [0, 0.1) is 0 Å². The van der Waals surface area contributed by atoms with E-state index in [4.69, 9.17) is 11.6 Å². The van der Waals surface area contributed by atoms with Crippen LogP contribution in [0.5, 0.6) is 0 Å². The van der Waals surface area contributed by atoms with Crippen molar-refractivity contribution < 1.29 is 4.79 Å². The first kappa shape index (κ1) is 12.2. The van der Waals surface area contributed by atoms with E-state index in [1.807, 2.05) is 43.1 Å². The van der Waals surface area contributed by atoms with Crippen LogP contribution < -0.4 is 0 Å². The minimum Gasteiger partial charge on any atom is -0.298 e. The van der Waals surface area contributed by atoms with Crippen molar-refractivity contribution in [2.24, 2.45) is 0 Å². The van der Waals surface area contributed by atoms with Crippen molar-refractivity contribution in [2.45, 2.75) is 19.9 Å². The molecule has 15 heavy (non-hydrogen) atoms. The van der Waals surface area contributed by atoms with Crippen molar-refractivity contribution in [1.82, 2.24) is 4.90 Å². The van der Waals surface area contributed by atoms with Crippen LogP contribution in [-0.4, -0.2) is 24.3 Å². The van der Waals surface area contributed by atoms with Gasteiger partial charge in [-0.3, -0.25) is 9.69 Å². The van der Waals surface area contributed by atoms with Gasteiger partial charge in [-0.05, 0) is 24.7 Å². The highest BCUT2D eigenvalue weighted by molar-refractivity contribution is 6.30. The van der Waals surface area contributed by atoms with Crippen LogP contribution in [-0.2, 0) is 11.3 Å². The largest absolute Gasteiger partial charge is 0.298 e. The summed E-state index contributed by atoms with van der Waals surface area (Å²) in [4.78, 5) is 13.2. The number of Topliss-reactive ketones (excluding diaryl/α,β-unsaturated/α-hetero) is 1. The van der Waals surface area contributed by atoms with E-state index in [0.717, 1.165) is 11.6 Å². The Morgan fingerprint density at radius 1 is 1.33 bits per heavy atom. The van der Waals surface area contributed by atoms with Crippen LogP contribution in [0.2, 0.25) is 5.02 Å². The van der Waals surface area contributed by atoms with E-state index in [2.05, 4.69) is 0 Å². The Labute approximate surface area is 95.8 Å². The summed E-state index contributed by atoms with van der Waals surface area (Å²) in [6.45, 7) is 3.18. The number of benzene rings is 1. The molecule has 2 nitrogen and oxygen atoms in total. The average Bonchev–Trinajstić information content (AvgIpc) is 2.21. The van der Waals surface area contributed by atoms with Crippen LogP contribution in [0.3, 0.4) is 0 Å². The van der Waals surface area contributed by atoms with Crippen molar-refractivity contribution in [2.75, 3.05) is 13.6 Å². The Morgan fingerprint density at radius 2 is 1.93 bits per heavy atom. The van der Waals surface area contributed by atoms with E-state index in [9.17, 15) is 4.79 Å². The molecule has 0 atom stereocenters. The number of rotatable bonds is 5. The normalized spacial score (nSPS) is 10.7. The lowest BCUT2D eigenvalue weighted by Gasteiger charge is -2.15. The van der Waals surface area contributed by atoms with Crippen molar-refractivity contribution in [3.05, 3.63) is 34.9 Å². The summed E-state index contributed by atoms with van der Waals surface area (Å²) in [5.41, 5.74) is 1.17. The predicted molar refractivity (Wildman–Crippen MR) is 63.1 cm³/mol. The van der Waals surface area contributed by atoms with Crippen molar-refractivity contribution in [3.8, 4) is 0 Å². The number of halogens is 1. The summed E-state index contributed by atoms with van der Waals surface area (Å²) in [5.74, 6) is 0.270. The standard InChI is InChI=1S/C12H16ClNO/c1-3-12(15)9-14(2)8-10-4-6-11(13)7-5-10/h4-7H,3,8-9H2,1-2H3. The molecule has 0 unspecified atom stereocenters. The van der Waals surface area contributed by atoms with E-state index in [0.29, 0.717) is 13.0 Å². The molecule has 1 aromatic rings. The summed E-state index contributed by atoms with van der Waals surface area (Å²) in [5, 5.41) is 0.742. The molecule has 0 spiro atoms. The van der Waals surface area contributed by atoms with Crippen LogP contribution in [0.1, 0.15) is 18.9 Å². The molecule has 1 aromatic carbocycles. The predicted octanol–water partition coefficient (Wildman–Crippen LogP) is 2.75. The third kappa shape index (κ3) is 4.45. The number of hydrogen-bond acceptors (Lipinski definition) is 2. The molecule has 0 fully saturated rings. The second-order valence-electron chi connectivity index (χ2n) is 3.69. The summed E-state index contributed by atoms with van der Waals surface area (Å²) in [6, 6.07) is 7.70. The van der Waals surface area contributed by atoms with Gasteiger partial charge in [0.25, 0.3) is 0 Å². The number of carbonyl (C=O) groups excluding carboxylic acids is 1. The molecule has 0 heterocycles. The summed E-state index contributed by atoms with van der Waals surface area (Å²) in [7, 11) is 1.95. The molecule has 0 aromatic heterocycles. The molecular weight excluding hydrogens is 210 g/mol. The zero-order chi connectivity index (χ0) is 11.3. The fourth-order valence-corrected chi connectivity index (χ4v) is 1.50. The van der Waals surface area contributed by atoms with Gasteiger partial charge in [0.15, 0.2) is 0 Å². The van der Waals surface area contributed by atoms with Gasteiger partial charge in [-0.15, -0.1) is 0 Å². The van der Waals surface area contributed by atoms with Crippen molar-refractivity contribution >= 4 is 17.4 Å². The highest BCUT2D eigenvalue weighted by atomic mass is 35.5. The number of carbonyl (C=O) groups is 1. The van der Waals surface area contributed by atoms with E-state index >= 15 is 0 Å². The second-order valence-corrected chi connectivity index (χ2v) is 4.13. The highest BCUT2D eigenvalue weighted by Gasteiger charge is 2.04. The van der Waals surface area contributed by atoms with E-state index in [1.54, 1.807) is 0 Å². The Bertz CT molecular complexity index is 321. The molecule has 1 rings (SSSR count). The fraction of sp³-hybridized carbons (Fsp3) is 0.417. The van der Waals surface area contributed by atoms with Gasteiger partial charge in [0.2, 0.25) is 0 Å². The summed E-state index contributed by atoms with van der Waals surface area (Å²) in [6.07, 6.45) is 0.602. The Morgan fingerprint density at radius 3 is 2.47 bits per heavy atom. The molecule has 0 N–H and O–H groups in total. The summed E-state index contributed by atoms with van der Waals surface area (Å²) < 4.78 is 0. The van der Waals surface area contributed by atoms with Crippen LogP contribution >= 0.6 is 11.6 Å². The maximum atomic E-state index is 11.2. The van der Waals surface area contributed by atoms with Gasteiger partial charge in [-0.2, -0.15) is 0 Å². The fourth-order valence-electron chi connectivity index (χ4n) is 1.37. The molecule has 0 radical (unpaired) electrons. The zero-order valence-electron chi connectivity index (χ0n) is 9.16. The van der Waals surface area contributed by atoms with E-state index in [1.165, 1.54) is 5.56 Å². The molecule has 0 aliphatic rings. The smallest absolute Gasteiger partial charge is 0.146 e. The maximum Gasteiger partial charge on any atom is 0.146 e. The SMILES string of the molecule is CCC(=O)CN(C)Cc1ccc(Cl)cc1. The van der Waals surface area contributed by atoms with Gasteiger partial charge in [0.05, 0.1) is 6.54 Å². The monoisotopic (exact) mass is 225 g/mol. The molecule has 0 amide bonds. The molecular formula is C12H16ClNO. The average molecular weight is 226 g/mol. The summed E-state index contributed by atoms with van der Waals surface area (Å²) >= 11 is 5.79. The van der Waals surface area contributed by atoms with Crippen molar-refractivity contribution in [3.63, 3.8) is 0 Å². The number of hydrogen-bond donors (Lipinski definition) is 0. The Hall–Kier alpha value is -0.860. The minimum atomic E-state index is 0.270. The lowest BCUT2D eigenvalue weighted by Crippen LogP contribution is -2.24. The Kier molecular flexibility index (Phi) is 4.79. The molecule has 3 heteroatoms. The topological polar surface area (TPSA) is 20.3 Å². The van der Waals surface area contributed by atoms with Crippen LogP contribution in [0.15, 0.2) is 24.3 Å². The minimum absolute atomic E-state index is 0.270. The first-order valence-electron chi connectivity index (χ1n) is 5.06. The molecule has 82 valence electrons. The third-order valence-electron chi connectivity index (χ3n) is 2.21. The van der Waals surface area contributed by atoms with E-state index < -0.39 is 0 Å². The van der Waals surface area contributed by atoms with Gasteiger partial charge in [0.1, 0.15) is 5.78 Å². The van der Waals surface area contributed by atoms with Gasteiger partial charge in [-0.1, -0.05) is 30.7 Å². The van der Waals surface area contributed by atoms with Crippen LogP contribution in [0.25, 0.3) is 0 Å². The van der Waals surface area contributed by atoms with Crippen molar-refractivity contribution in [1.29, 1.82) is 0 Å². The molecule has 0 saturated heterocycles. The van der Waals surface area contributed by atoms with Crippen LogP contribution in [0.4, 0.5) is 0 Å². The first-order valence-corrected chi connectivity index (χ1v) is 5.44. The Balaban J connectivity index is 2.47. The van der Waals surface area contributed by atoms with E-state index in [-0.39, 0.29) is 5.78 Å². The van der Waals surface area contributed by atoms with Gasteiger partial charge in [0, 0.05) is 18.0 Å². The zero-order valence-corrected chi connectivity index (χ0v) is 9.92. The number of nitrogens with zero attached hydrogens (tertiary/aromatic N) is 1. The molecule has 0 saturated carbocycles. The number of ketones is 1. The molecule has 0 aliphatic carbocycles. The maximum absolute atomic E-state index is 11.2. The lowest BCUT2D eigenvalue weighted by atomic mass is 10.2. The van der Waals surface area contributed by atoms with Gasteiger partial charge >= 0.3 is 0 Å². The van der Waals surface area contributed by atoms with Gasteiger partial charge < -0.3 is 0 Å². The number of likely N-dealkylation sites (N-methyl/N-ethyl adjacent to an activating group) is 1. The quantitative estimate of drug-likeness (QED) is 0.768. The highest BCUT2D eigenvalue weighted by Crippen LogP contribution is 2.10. The molecule has 0 aliphatic heterocycles. The lowest BCUT2D eigenvalue weighted by molar-refractivity contribution is -0.119. The second kappa shape index (κ2) is 5.89.